The van der Waals surface area contributed by atoms with Crippen molar-refractivity contribution >= 4 is 11.9 Å². The van der Waals surface area contributed by atoms with Crippen LogP contribution < -0.4 is 4.74 Å². The van der Waals surface area contributed by atoms with Crippen molar-refractivity contribution in [2.75, 3.05) is 6.61 Å². The average molecular weight is 448 g/mol. The molecule has 0 aliphatic heterocycles. The fourth-order valence-electron chi connectivity index (χ4n) is 3.65. The van der Waals surface area contributed by atoms with Crippen LogP contribution in [0, 0.1) is 6.92 Å². The maximum atomic E-state index is 13.1. The van der Waals surface area contributed by atoms with Crippen LogP contribution in [0.4, 0.5) is 0 Å². The molecule has 0 aliphatic carbocycles. The van der Waals surface area contributed by atoms with Gasteiger partial charge in [-0.1, -0.05) is 62.4 Å². The number of aryl methyl sites for hydroxylation is 1. The summed E-state index contributed by atoms with van der Waals surface area (Å²) < 4.78 is 7.88. The molecule has 5 heteroatoms. The molecule has 0 amide bonds. The highest BCUT2D eigenvalue weighted by Gasteiger charge is 2.20. The van der Waals surface area contributed by atoms with E-state index in [1.165, 1.54) is 5.56 Å². The van der Waals surface area contributed by atoms with Crippen LogP contribution in [0.1, 0.15) is 66.4 Å². The molecular weight excluding hydrogens is 414 g/mol. The Morgan fingerprint density at radius 3 is 2.52 bits per heavy atom. The number of hydrogen-bond donors (Lipinski definition) is 1. The minimum Gasteiger partial charge on any atom is -0.485 e. The molecule has 0 saturated carbocycles. The first-order valence-corrected chi connectivity index (χ1v) is 11.2. The third-order valence-corrected chi connectivity index (χ3v) is 5.38. The topological polar surface area (TPSA) is 60.7 Å². The molecular formula is C28H33NO4. The van der Waals surface area contributed by atoms with Crippen LogP contribution in [0.15, 0.2) is 66.9 Å². The Labute approximate surface area is 196 Å². The van der Waals surface area contributed by atoms with E-state index >= 15 is 0 Å². The zero-order valence-electron chi connectivity index (χ0n) is 20.0. The second-order valence-corrected chi connectivity index (χ2v) is 9.27. The molecule has 0 spiro atoms. The predicted molar refractivity (Wildman–Crippen MR) is 132 cm³/mol. The van der Waals surface area contributed by atoms with E-state index < -0.39 is 5.60 Å². The van der Waals surface area contributed by atoms with Crippen LogP contribution in [-0.4, -0.2) is 27.8 Å². The molecule has 3 aromatic rings. The van der Waals surface area contributed by atoms with E-state index in [1.807, 2.05) is 98.3 Å². The molecule has 0 bridgehead atoms. The van der Waals surface area contributed by atoms with Gasteiger partial charge in [-0.05, 0) is 61.6 Å². The van der Waals surface area contributed by atoms with Gasteiger partial charge in [0.1, 0.15) is 18.0 Å². The second-order valence-electron chi connectivity index (χ2n) is 9.27. The molecule has 2 aromatic carbocycles. The third-order valence-electron chi connectivity index (χ3n) is 5.38. The number of allylic oxidation sites excluding steroid dienone is 1. The van der Waals surface area contributed by atoms with Gasteiger partial charge in [0.25, 0.3) is 0 Å². The summed E-state index contributed by atoms with van der Waals surface area (Å²) in [5, 5.41) is 8.71. The summed E-state index contributed by atoms with van der Waals surface area (Å²) in [7, 11) is 0. The zero-order chi connectivity index (χ0) is 24.0. The molecule has 1 N–H and O–H groups in total. The fourth-order valence-corrected chi connectivity index (χ4v) is 3.65. The number of benzene rings is 2. The molecule has 3 rings (SSSR count). The molecule has 174 valence electrons. The molecule has 0 fully saturated rings. The van der Waals surface area contributed by atoms with Gasteiger partial charge >= 0.3 is 0 Å². The second kappa shape index (κ2) is 10.6. The van der Waals surface area contributed by atoms with Crippen LogP contribution in [0.5, 0.6) is 5.75 Å². The summed E-state index contributed by atoms with van der Waals surface area (Å²) in [5.41, 5.74) is 3.98. The number of carbonyl (C=O) groups excluding carboxylic acids is 1. The normalized spacial score (nSPS) is 12.0. The minimum absolute atomic E-state index is 0.0236. The Kier molecular flexibility index (Phi) is 7.90. The number of carbonyl (C=O) groups is 1. The largest absolute Gasteiger partial charge is 0.485 e. The Bertz CT molecular complexity index is 1110. The van der Waals surface area contributed by atoms with E-state index in [0.29, 0.717) is 29.5 Å². The molecule has 0 unspecified atom stereocenters. The van der Waals surface area contributed by atoms with Gasteiger partial charge < -0.3 is 9.30 Å². The van der Waals surface area contributed by atoms with Crippen molar-refractivity contribution in [1.82, 2.24) is 4.57 Å². The van der Waals surface area contributed by atoms with Crippen molar-refractivity contribution < 1.29 is 19.7 Å². The van der Waals surface area contributed by atoms with E-state index in [0.717, 1.165) is 11.1 Å². The van der Waals surface area contributed by atoms with Gasteiger partial charge in [0.2, 0.25) is 5.78 Å². The van der Waals surface area contributed by atoms with E-state index in [-0.39, 0.29) is 12.4 Å². The highest BCUT2D eigenvalue weighted by Crippen LogP contribution is 2.21. The summed E-state index contributed by atoms with van der Waals surface area (Å²) in [6.45, 7) is 10.6. The third kappa shape index (κ3) is 6.67. The van der Waals surface area contributed by atoms with Crippen LogP contribution >= 0.6 is 0 Å². The molecule has 0 radical (unpaired) electrons. The van der Waals surface area contributed by atoms with Crippen LogP contribution in [0.25, 0.3) is 6.08 Å². The maximum absolute atomic E-state index is 13.1. The number of hydrogen-bond acceptors (Lipinski definition) is 4. The van der Waals surface area contributed by atoms with E-state index in [9.17, 15) is 4.79 Å². The quantitative estimate of drug-likeness (QED) is 0.219. The van der Waals surface area contributed by atoms with Crippen molar-refractivity contribution in [2.24, 2.45) is 0 Å². The van der Waals surface area contributed by atoms with Crippen LogP contribution in [0.3, 0.4) is 0 Å². The molecule has 5 nitrogen and oxygen atoms in total. The zero-order valence-corrected chi connectivity index (χ0v) is 20.0. The first kappa shape index (κ1) is 24.5. The Balaban J connectivity index is 1.73. The van der Waals surface area contributed by atoms with Gasteiger partial charge in [-0.2, -0.15) is 0 Å². The maximum Gasteiger partial charge on any atom is 0.209 e. The fraction of sp³-hybridized carbons (Fsp3) is 0.321. The molecule has 0 saturated heterocycles. The van der Waals surface area contributed by atoms with Gasteiger partial charge in [0.05, 0.1) is 5.69 Å². The predicted octanol–water partition coefficient (Wildman–Crippen LogP) is 6.51. The lowest BCUT2D eigenvalue weighted by Gasteiger charge is -2.24. The summed E-state index contributed by atoms with van der Waals surface area (Å²) in [6.07, 6.45) is 6.03. The number of ketones is 1. The monoisotopic (exact) mass is 447 g/mol. The SMILES string of the molecule is Cc1cc(C(=O)c2ccc(C(C)C)cc2)n(CC=Cc2cccc(OC(C)(C)COO)c2)c1. The van der Waals surface area contributed by atoms with Gasteiger partial charge in [0.15, 0.2) is 0 Å². The van der Waals surface area contributed by atoms with Crippen molar-refractivity contribution in [3.05, 3.63) is 94.8 Å². The molecule has 1 aromatic heterocycles. The Morgan fingerprint density at radius 2 is 1.85 bits per heavy atom. The highest BCUT2D eigenvalue weighted by molar-refractivity contribution is 6.08. The molecule has 33 heavy (non-hydrogen) atoms. The van der Waals surface area contributed by atoms with Gasteiger partial charge in [-0.3, -0.25) is 10.1 Å². The highest BCUT2D eigenvalue weighted by atomic mass is 17.1. The van der Waals surface area contributed by atoms with Crippen molar-refractivity contribution in [3.63, 3.8) is 0 Å². The van der Waals surface area contributed by atoms with Gasteiger partial charge in [-0.15, -0.1) is 0 Å². The number of rotatable bonds is 10. The first-order chi connectivity index (χ1) is 15.7. The minimum atomic E-state index is -0.650. The molecule has 0 atom stereocenters. The van der Waals surface area contributed by atoms with Crippen molar-refractivity contribution in [2.45, 2.75) is 52.7 Å². The van der Waals surface area contributed by atoms with Crippen molar-refractivity contribution in [3.8, 4) is 5.75 Å². The summed E-state index contributed by atoms with van der Waals surface area (Å²) in [5.74, 6) is 1.15. The van der Waals surface area contributed by atoms with Crippen molar-refractivity contribution in [1.29, 1.82) is 0 Å². The Hall–Kier alpha value is -3.15. The summed E-state index contributed by atoms with van der Waals surface area (Å²) in [4.78, 5) is 17.4. The van der Waals surface area contributed by atoms with Crippen LogP contribution in [-0.2, 0) is 11.4 Å². The lowest BCUT2D eigenvalue weighted by atomic mass is 9.99. The standard InChI is InChI=1S/C28H33NO4/c1-20(2)23-11-13-24(14-12-23)27(30)26-16-21(3)18-29(26)15-7-9-22-8-6-10-25(17-22)33-28(4,5)19-32-31/h6-14,16-18,20,31H,15,19H2,1-5H3. The lowest BCUT2D eigenvalue weighted by molar-refractivity contribution is -0.264. The smallest absolute Gasteiger partial charge is 0.209 e. The van der Waals surface area contributed by atoms with Crippen LogP contribution in [0.2, 0.25) is 0 Å². The Morgan fingerprint density at radius 1 is 1.12 bits per heavy atom. The first-order valence-electron chi connectivity index (χ1n) is 11.2. The number of nitrogens with zero attached hydrogens (tertiary/aromatic N) is 1. The van der Waals surface area contributed by atoms with E-state index in [2.05, 4.69) is 18.7 Å². The van der Waals surface area contributed by atoms with Gasteiger partial charge in [-0.25, -0.2) is 4.89 Å². The number of ether oxygens (including phenoxy) is 1. The summed E-state index contributed by atoms with van der Waals surface area (Å²) in [6, 6.07) is 17.5. The van der Waals surface area contributed by atoms with Gasteiger partial charge in [0, 0.05) is 18.3 Å². The summed E-state index contributed by atoms with van der Waals surface area (Å²) >= 11 is 0. The van der Waals surface area contributed by atoms with E-state index in [4.69, 9.17) is 9.99 Å². The average Bonchev–Trinajstić information content (AvgIpc) is 3.13. The van der Waals surface area contributed by atoms with E-state index in [1.54, 1.807) is 0 Å². The lowest BCUT2D eigenvalue weighted by Crippen LogP contribution is -2.33. The number of aromatic nitrogens is 1. The molecule has 0 aliphatic rings. The molecule has 1 heterocycles.